The molecule has 0 radical (unpaired) electrons. The van der Waals surface area contributed by atoms with Gasteiger partial charge in [-0.1, -0.05) is 23.2 Å². The van der Waals surface area contributed by atoms with Gasteiger partial charge in [0.15, 0.2) is 0 Å². The molecule has 4 aromatic rings. The molecule has 0 fully saturated rings. The monoisotopic (exact) mass is 552 g/mol. The molecule has 35 heavy (non-hydrogen) atoms. The molecule has 2 aromatic heterocycles. The summed E-state index contributed by atoms with van der Waals surface area (Å²) in [6.07, 6.45) is 0. The first-order chi connectivity index (χ1) is 16.5. The SMILES string of the molecule is CN(C)c1ccc2c(O)n(-c3ccc(NC(=O)NS(=O)(=O)c4ccc(Cl)s4)cc3Cl)c(=O)cc2c1. The van der Waals surface area contributed by atoms with Gasteiger partial charge in [-0.3, -0.25) is 4.79 Å². The number of hydrogen-bond acceptors (Lipinski definition) is 7. The summed E-state index contributed by atoms with van der Waals surface area (Å²) in [7, 11) is -0.371. The quantitative estimate of drug-likeness (QED) is 0.331. The highest BCUT2D eigenvalue weighted by atomic mass is 35.5. The van der Waals surface area contributed by atoms with Crippen LogP contribution in [0.3, 0.4) is 0 Å². The number of sulfonamides is 1. The number of anilines is 2. The van der Waals surface area contributed by atoms with Crippen LogP contribution in [0.15, 0.2) is 63.6 Å². The van der Waals surface area contributed by atoms with Gasteiger partial charge in [-0.05, 0) is 53.9 Å². The molecule has 0 aliphatic carbocycles. The Balaban J connectivity index is 1.61. The fourth-order valence-electron chi connectivity index (χ4n) is 3.34. The van der Waals surface area contributed by atoms with Gasteiger partial charge in [-0.25, -0.2) is 22.5 Å². The number of fused-ring (bicyclic) bond motifs is 1. The summed E-state index contributed by atoms with van der Waals surface area (Å²) >= 11 is 12.9. The van der Waals surface area contributed by atoms with E-state index in [4.69, 9.17) is 23.2 Å². The van der Waals surface area contributed by atoms with Crippen LogP contribution in [0.4, 0.5) is 16.2 Å². The average molecular weight is 553 g/mol. The van der Waals surface area contributed by atoms with Gasteiger partial charge in [0.1, 0.15) is 4.21 Å². The van der Waals surface area contributed by atoms with Crippen molar-refractivity contribution in [1.29, 1.82) is 0 Å². The number of aromatic nitrogens is 1. The van der Waals surface area contributed by atoms with Crippen molar-refractivity contribution in [2.75, 3.05) is 24.3 Å². The third-order valence-electron chi connectivity index (χ3n) is 4.99. The second kappa shape index (κ2) is 9.42. The normalized spacial score (nSPS) is 11.4. The summed E-state index contributed by atoms with van der Waals surface area (Å²) < 4.78 is 27.6. The van der Waals surface area contributed by atoms with Gasteiger partial charge < -0.3 is 15.3 Å². The molecule has 0 bridgehead atoms. The number of benzene rings is 2. The molecule has 3 N–H and O–H groups in total. The van der Waals surface area contributed by atoms with Crippen LogP contribution < -0.4 is 20.5 Å². The minimum atomic E-state index is -4.10. The lowest BCUT2D eigenvalue weighted by molar-refractivity contribution is 0.256. The number of rotatable bonds is 5. The Labute approximate surface area is 214 Å². The Kier molecular flexibility index (Phi) is 6.69. The highest BCUT2D eigenvalue weighted by Gasteiger charge is 2.20. The summed E-state index contributed by atoms with van der Waals surface area (Å²) in [5.41, 5.74) is 0.705. The van der Waals surface area contributed by atoms with E-state index in [1.54, 1.807) is 12.1 Å². The van der Waals surface area contributed by atoms with Crippen molar-refractivity contribution in [3.8, 4) is 11.6 Å². The van der Waals surface area contributed by atoms with E-state index < -0.39 is 21.6 Å². The molecule has 2 aromatic carbocycles. The summed E-state index contributed by atoms with van der Waals surface area (Å²) in [5.74, 6) is -0.293. The Bertz CT molecular complexity index is 1630. The van der Waals surface area contributed by atoms with Crippen LogP contribution in [-0.4, -0.2) is 38.2 Å². The molecule has 13 heteroatoms. The van der Waals surface area contributed by atoms with E-state index >= 15 is 0 Å². The zero-order valence-electron chi connectivity index (χ0n) is 18.2. The maximum Gasteiger partial charge on any atom is 0.333 e. The summed E-state index contributed by atoms with van der Waals surface area (Å²) in [6, 6.07) is 12.5. The number of urea groups is 1. The molecule has 0 aliphatic heterocycles. The second-order valence-electron chi connectivity index (χ2n) is 7.59. The Morgan fingerprint density at radius 3 is 2.43 bits per heavy atom. The predicted octanol–water partition coefficient (Wildman–Crippen LogP) is 4.64. The Morgan fingerprint density at radius 1 is 1.06 bits per heavy atom. The van der Waals surface area contributed by atoms with Crippen LogP contribution in [0.25, 0.3) is 16.5 Å². The minimum Gasteiger partial charge on any atom is -0.494 e. The van der Waals surface area contributed by atoms with Crippen molar-refractivity contribution in [2.24, 2.45) is 0 Å². The van der Waals surface area contributed by atoms with E-state index in [0.717, 1.165) is 21.6 Å². The molecule has 0 spiro atoms. The first-order valence-electron chi connectivity index (χ1n) is 9.91. The molecule has 0 saturated heterocycles. The topological polar surface area (TPSA) is 121 Å². The summed E-state index contributed by atoms with van der Waals surface area (Å²) in [6.45, 7) is 0. The van der Waals surface area contributed by atoms with Crippen LogP contribution in [0.1, 0.15) is 0 Å². The van der Waals surface area contributed by atoms with Gasteiger partial charge in [-0.2, -0.15) is 0 Å². The number of amides is 2. The van der Waals surface area contributed by atoms with E-state index in [0.29, 0.717) is 10.8 Å². The Morgan fingerprint density at radius 2 is 1.80 bits per heavy atom. The fraction of sp³-hybridized carbons (Fsp3) is 0.0909. The molecule has 2 heterocycles. The van der Waals surface area contributed by atoms with Gasteiger partial charge in [0.05, 0.1) is 15.0 Å². The fourth-order valence-corrected chi connectivity index (χ4v) is 6.00. The lowest BCUT2D eigenvalue weighted by Crippen LogP contribution is -2.33. The molecule has 182 valence electrons. The molecule has 0 atom stereocenters. The van der Waals surface area contributed by atoms with Crippen LogP contribution in [0.5, 0.6) is 5.88 Å². The van der Waals surface area contributed by atoms with Crippen LogP contribution in [0, 0.1) is 0 Å². The molecule has 0 aliphatic rings. The van der Waals surface area contributed by atoms with Crippen molar-refractivity contribution in [1.82, 2.24) is 9.29 Å². The molecule has 0 saturated carbocycles. The van der Waals surface area contributed by atoms with E-state index in [9.17, 15) is 23.1 Å². The number of aromatic hydroxyl groups is 1. The zero-order valence-corrected chi connectivity index (χ0v) is 21.4. The zero-order chi connectivity index (χ0) is 25.5. The van der Waals surface area contributed by atoms with E-state index in [1.165, 1.54) is 36.4 Å². The van der Waals surface area contributed by atoms with Crippen molar-refractivity contribution in [2.45, 2.75) is 4.21 Å². The number of pyridine rings is 1. The third kappa shape index (κ3) is 5.08. The van der Waals surface area contributed by atoms with Crippen LogP contribution in [-0.2, 0) is 10.0 Å². The maximum absolute atomic E-state index is 12.8. The standard InChI is InChI=1S/C22H18Cl2N4O5S2/c1-27(2)14-4-5-15-12(9-14)10-19(29)28(21(15)30)17-6-3-13(11-16(17)23)25-22(31)26-35(32,33)20-8-7-18(24)34-20/h3-11,30H,1-2H3,(H2,25,26,31). The number of nitrogens with zero attached hydrogens (tertiary/aromatic N) is 2. The maximum atomic E-state index is 12.8. The largest absolute Gasteiger partial charge is 0.494 e. The number of carbonyl (C=O) groups is 1. The first kappa shape index (κ1) is 24.9. The molecule has 2 amide bonds. The van der Waals surface area contributed by atoms with E-state index in [1.807, 2.05) is 29.8 Å². The van der Waals surface area contributed by atoms with Crippen LogP contribution in [0.2, 0.25) is 9.36 Å². The molecule has 0 unspecified atom stereocenters. The van der Waals surface area contributed by atoms with Gasteiger partial charge in [0, 0.05) is 36.9 Å². The van der Waals surface area contributed by atoms with E-state index in [-0.39, 0.29) is 30.8 Å². The minimum absolute atomic E-state index is 0.0392. The first-order valence-corrected chi connectivity index (χ1v) is 13.0. The molecular formula is C22H18Cl2N4O5S2. The number of thiophene rings is 1. The summed E-state index contributed by atoms with van der Waals surface area (Å²) in [4.78, 5) is 26.9. The van der Waals surface area contributed by atoms with E-state index in [2.05, 4.69) is 5.32 Å². The second-order valence-corrected chi connectivity index (χ2v) is 11.6. The Hall–Kier alpha value is -3.25. The molecular weight excluding hydrogens is 535 g/mol. The van der Waals surface area contributed by atoms with Gasteiger partial charge in [0.2, 0.25) is 5.88 Å². The van der Waals surface area contributed by atoms with Crippen molar-refractivity contribution in [3.63, 3.8) is 0 Å². The summed E-state index contributed by atoms with van der Waals surface area (Å²) in [5, 5.41) is 14.3. The van der Waals surface area contributed by atoms with Crippen molar-refractivity contribution < 1.29 is 18.3 Å². The highest BCUT2D eigenvalue weighted by Crippen LogP contribution is 2.32. The third-order valence-corrected chi connectivity index (χ3v) is 8.35. The smallest absolute Gasteiger partial charge is 0.333 e. The van der Waals surface area contributed by atoms with Gasteiger partial charge >= 0.3 is 6.03 Å². The number of carbonyl (C=O) groups excluding carboxylic acids is 1. The lowest BCUT2D eigenvalue weighted by Gasteiger charge is -2.16. The van der Waals surface area contributed by atoms with Gasteiger partial charge in [-0.15, -0.1) is 11.3 Å². The molecule has 9 nitrogen and oxygen atoms in total. The van der Waals surface area contributed by atoms with Crippen molar-refractivity contribution >= 4 is 72.7 Å². The molecule has 4 rings (SSSR count). The number of hydrogen-bond donors (Lipinski definition) is 3. The van der Waals surface area contributed by atoms with Crippen LogP contribution >= 0.6 is 34.5 Å². The highest BCUT2D eigenvalue weighted by molar-refractivity contribution is 7.92. The predicted molar refractivity (Wildman–Crippen MR) is 139 cm³/mol. The average Bonchev–Trinajstić information content (AvgIpc) is 3.21. The number of halogens is 2. The van der Waals surface area contributed by atoms with Gasteiger partial charge in [0.25, 0.3) is 15.6 Å². The lowest BCUT2D eigenvalue weighted by atomic mass is 10.1. The van der Waals surface area contributed by atoms with Crippen molar-refractivity contribution in [3.05, 3.63) is 74.3 Å². The number of nitrogens with one attached hydrogen (secondary N) is 2.